The van der Waals surface area contributed by atoms with Crippen LogP contribution in [0.2, 0.25) is 0 Å². The summed E-state index contributed by atoms with van der Waals surface area (Å²) in [5, 5.41) is 0. The highest BCUT2D eigenvalue weighted by Crippen LogP contribution is 2.27. The van der Waals surface area contributed by atoms with E-state index in [4.69, 9.17) is 10.5 Å². The van der Waals surface area contributed by atoms with Gasteiger partial charge in [0.25, 0.3) is 0 Å². The first-order chi connectivity index (χ1) is 12.2. The van der Waals surface area contributed by atoms with E-state index < -0.39 is 0 Å². The lowest BCUT2D eigenvalue weighted by atomic mass is 9.97. The van der Waals surface area contributed by atoms with Gasteiger partial charge in [-0.15, -0.1) is 0 Å². The maximum atomic E-state index is 6.01. The molecule has 1 saturated heterocycles. The van der Waals surface area contributed by atoms with Gasteiger partial charge in [-0.2, -0.15) is 0 Å². The second-order valence-electron chi connectivity index (χ2n) is 6.82. The largest absolute Gasteiger partial charge is 0.499 e. The third-order valence-electron chi connectivity index (χ3n) is 4.97. The van der Waals surface area contributed by atoms with Crippen LogP contribution in [-0.4, -0.2) is 36.9 Å². The van der Waals surface area contributed by atoms with Crippen LogP contribution < -0.4 is 5.73 Å². The lowest BCUT2D eigenvalue weighted by Gasteiger charge is -2.37. The van der Waals surface area contributed by atoms with Crippen molar-refractivity contribution in [1.29, 1.82) is 0 Å². The molecule has 0 amide bonds. The SMILES string of the molecule is COC1=CC=C(N)CC1N1CCC(=CC#CC2=CCCC(C)=N2)CC1. The van der Waals surface area contributed by atoms with Crippen LogP contribution in [0.3, 0.4) is 0 Å². The normalized spacial score (nSPS) is 24.2. The monoisotopic (exact) mass is 337 g/mol. The van der Waals surface area contributed by atoms with Gasteiger partial charge in [-0.3, -0.25) is 4.90 Å². The van der Waals surface area contributed by atoms with Crippen molar-refractivity contribution in [1.82, 2.24) is 4.90 Å². The van der Waals surface area contributed by atoms with E-state index in [1.165, 1.54) is 11.3 Å². The molecule has 3 aliphatic rings. The van der Waals surface area contributed by atoms with E-state index in [-0.39, 0.29) is 6.04 Å². The summed E-state index contributed by atoms with van der Waals surface area (Å²) in [5.74, 6) is 7.38. The van der Waals surface area contributed by atoms with Crippen LogP contribution in [0.15, 0.2) is 52.0 Å². The molecule has 2 aliphatic heterocycles. The number of nitrogens with zero attached hydrogens (tertiary/aromatic N) is 2. The smallest absolute Gasteiger partial charge is 0.113 e. The second kappa shape index (κ2) is 8.22. The van der Waals surface area contributed by atoms with Crippen molar-refractivity contribution in [3.8, 4) is 11.8 Å². The Bertz CT molecular complexity index is 718. The zero-order chi connectivity index (χ0) is 17.6. The van der Waals surface area contributed by atoms with Crippen molar-refractivity contribution in [3.05, 3.63) is 47.0 Å². The molecule has 2 heterocycles. The fourth-order valence-corrected chi connectivity index (χ4v) is 3.49. The molecule has 0 aromatic carbocycles. The summed E-state index contributed by atoms with van der Waals surface area (Å²) in [7, 11) is 1.74. The number of aliphatic imine (C=N–C) groups is 1. The minimum absolute atomic E-state index is 0.271. The number of allylic oxidation sites excluding steroid dienone is 5. The van der Waals surface area contributed by atoms with Crippen molar-refractivity contribution in [2.24, 2.45) is 10.7 Å². The van der Waals surface area contributed by atoms with E-state index in [1.807, 2.05) is 12.2 Å². The highest BCUT2D eigenvalue weighted by atomic mass is 16.5. The van der Waals surface area contributed by atoms with Crippen LogP contribution in [0.1, 0.15) is 39.0 Å². The topological polar surface area (TPSA) is 50.9 Å². The van der Waals surface area contributed by atoms with Gasteiger partial charge in [0.2, 0.25) is 0 Å². The number of hydrogen-bond acceptors (Lipinski definition) is 4. The first-order valence-electron chi connectivity index (χ1n) is 9.04. The summed E-state index contributed by atoms with van der Waals surface area (Å²) in [6, 6.07) is 0.271. The first-order valence-corrected chi connectivity index (χ1v) is 9.04. The average molecular weight is 337 g/mol. The van der Waals surface area contributed by atoms with Gasteiger partial charge in [-0.25, -0.2) is 4.99 Å². The van der Waals surface area contributed by atoms with Crippen molar-refractivity contribution in [2.45, 2.75) is 45.1 Å². The van der Waals surface area contributed by atoms with Crippen molar-refractivity contribution in [2.75, 3.05) is 20.2 Å². The minimum atomic E-state index is 0.271. The Labute approximate surface area is 150 Å². The Morgan fingerprint density at radius 1 is 1.28 bits per heavy atom. The van der Waals surface area contributed by atoms with Gasteiger partial charge in [0.05, 0.1) is 13.2 Å². The number of nitrogens with two attached hydrogens (primary N) is 1. The molecule has 1 fully saturated rings. The van der Waals surface area contributed by atoms with E-state index in [2.05, 4.69) is 40.8 Å². The lowest BCUT2D eigenvalue weighted by molar-refractivity contribution is 0.139. The molecule has 1 unspecified atom stereocenters. The molecule has 1 aliphatic carbocycles. The lowest BCUT2D eigenvalue weighted by Crippen LogP contribution is -2.42. The highest BCUT2D eigenvalue weighted by Gasteiger charge is 2.27. The zero-order valence-corrected chi connectivity index (χ0v) is 15.2. The Hall–Kier alpha value is -2.25. The quantitative estimate of drug-likeness (QED) is 0.787. The number of methoxy groups -OCH3 is 1. The molecule has 25 heavy (non-hydrogen) atoms. The molecule has 4 heteroatoms. The molecule has 0 spiro atoms. The molecule has 1 atom stereocenters. The molecule has 0 aromatic rings. The van der Waals surface area contributed by atoms with Gasteiger partial charge in [0.1, 0.15) is 11.5 Å². The van der Waals surface area contributed by atoms with E-state index in [0.29, 0.717) is 0 Å². The van der Waals surface area contributed by atoms with E-state index in [0.717, 1.165) is 62.3 Å². The van der Waals surface area contributed by atoms with E-state index in [9.17, 15) is 0 Å². The fourth-order valence-electron chi connectivity index (χ4n) is 3.49. The maximum Gasteiger partial charge on any atom is 0.113 e. The van der Waals surface area contributed by atoms with Crippen LogP contribution in [0.25, 0.3) is 0 Å². The maximum absolute atomic E-state index is 6.01. The van der Waals surface area contributed by atoms with Crippen LogP contribution in [0, 0.1) is 11.8 Å². The molecule has 0 bridgehead atoms. The fraction of sp³-hybridized carbons (Fsp3) is 0.476. The van der Waals surface area contributed by atoms with Gasteiger partial charge in [-0.1, -0.05) is 11.5 Å². The Morgan fingerprint density at radius 2 is 2.08 bits per heavy atom. The standard InChI is InChI=1S/C21H27N3O/c1-16-5-3-7-19(23-16)8-4-6-17-11-13-24(14-12-17)20-15-18(22)9-10-21(20)25-2/h6-7,9-10,20H,3,5,11-15,22H2,1-2H3. The first kappa shape index (κ1) is 17.6. The number of piperidine rings is 1. The average Bonchev–Trinajstić information content (AvgIpc) is 2.62. The Balaban J connectivity index is 1.56. The molecular weight excluding hydrogens is 310 g/mol. The minimum Gasteiger partial charge on any atom is -0.499 e. The van der Waals surface area contributed by atoms with Crippen molar-refractivity contribution >= 4 is 5.71 Å². The van der Waals surface area contributed by atoms with E-state index >= 15 is 0 Å². The summed E-state index contributed by atoms with van der Waals surface area (Å²) in [4.78, 5) is 6.96. The summed E-state index contributed by atoms with van der Waals surface area (Å²) in [6.07, 6.45) is 13.2. The molecule has 3 rings (SSSR count). The third kappa shape index (κ3) is 4.64. The molecule has 0 saturated carbocycles. The predicted octanol–water partition coefficient (Wildman–Crippen LogP) is 3.30. The number of rotatable bonds is 2. The van der Waals surface area contributed by atoms with Gasteiger partial charge in [-0.05, 0) is 62.8 Å². The van der Waals surface area contributed by atoms with Gasteiger partial charge >= 0.3 is 0 Å². The Morgan fingerprint density at radius 3 is 2.80 bits per heavy atom. The number of hydrogen-bond donors (Lipinski definition) is 1. The Kier molecular flexibility index (Phi) is 5.78. The van der Waals surface area contributed by atoms with Crippen molar-refractivity contribution < 1.29 is 4.74 Å². The van der Waals surface area contributed by atoms with Gasteiger partial charge in [0.15, 0.2) is 0 Å². The van der Waals surface area contributed by atoms with Gasteiger partial charge < -0.3 is 10.5 Å². The molecule has 4 nitrogen and oxygen atoms in total. The number of likely N-dealkylation sites (tertiary alicyclic amines) is 1. The summed E-state index contributed by atoms with van der Waals surface area (Å²) in [5.41, 5.74) is 10.4. The van der Waals surface area contributed by atoms with Crippen LogP contribution >= 0.6 is 0 Å². The summed E-state index contributed by atoms with van der Waals surface area (Å²) in [6.45, 7) is 4.11. The van der Waals surface area contributed by atoms with Crippen LogP contribution in [0.5, 0.6) is 0 Å². The second-order valence-corrected chi connectivity index (χ2v) is 6.82. The van der Waals surface area contributed by atoms with Crippen molar-refractivity contribution in [3.63, 3.8) is 0 Å². The predicted molar refractivity (Wildman–Crippen MR) is 103 cm³/mol. The summed E-state index contributed by atoms with van der Waals surface area (Å²) >= 11 is 0. The third-order valence-corrected chi connectivity index (χ3v) is 4.97. The van der Waals surface area contributed by atoms with Gasteiger partial charge in [0, 0.05) is 30.9 Å². The highest BCUT2D eigenvalue weighted by molar-refractivity contribution is 5.84. The molecule has 2 N–H and O–H groups in total. The van der Waals surface area contributed by atoms with Crippen LogP contribution in [-0.2, 0) is 4.74 Å². The summed E-state index contributed by atoms with van der Waals surface area (Å²) < 4.78 is 5.54. The molecule has 0 aromatic heterocycles. The number of ether oxygens (including phenoxy) is 1. The molecular formula is C21H27N3O. The molecule has 132 valence electrons. The van der Waals surface area contributed by atoms with E-state index in [1.54, 1.807) is 7.11 Å². The molecule has 0 radical (unpaired) electrons. The zero-order valence-electron chi connectivity index (χ0n) is 15.2. The van der Waals surface area contributed by atoms with Crippen LogP contribution in [0.4, 0.5) is 0 Å².